The predicted octanol–water partition coefficient (Wildman–Crippen LogP) is -1.16. The fourth-order valence-corrected chi connectivity index (χ4v) is 0.923. The molecule has 1 amide bonds. The van der Waals surface area contributed by atoms with Crippen LogP contribution in [0.25, 0.3) is 0 Å². The van der Waals surface area contributed by atoms with Crippen LogP contribution in [-0.2, 0) is 4.79 Å². The zero-order valence-corrected chi connectivity index (χ0v) is 6.41. The predicted molar refractivity (Wildman–Crippen MR) is 38.9 cm³/mol. The molecule has 4 heteroatoms. The molecule has 0 aliphatic rings. The third-order valence-corrected chi connectivity index (χ3v) is 1.72. The molecule has 0 saturated heterocycles. The summed E-state index contributed by atoms with van der Waals surface area (Å²) < 4.78 is 0. The number of rotatable bonds is 4. The molecule has 0 bridgehead atoms. The van der Waals surface area contributed by atoms with Gasteiger partial charge in [-0.3, -0.25) is 4.79 Å². The molecule has 0 aromatic carbocycles. The number of carbonyl (C=O) groups is 1. The largest absolute Gasteiger partial charge is 0.365 e. The van der Waals surface area contributed by atoms with Crippen LogP contribution in [-0.4, -0.2) is 24.0 Å². The average molecular weight is 149 g/mol. The van der Waals surface area contributed by atoms with Crippen LogP contribution in [0.5, 0.6) is 0 Å². The first-order valence-corrected chi connectivity index (χ1v) is 4.19. The van der Waals surface area contributed by atoms with E-state index in [1.54, 1.807) is 11.8 Å². The second-order valence-electron chi connectivity index (χ2n) is 1.88. The highest BCUT2D eigenvalue weighted by atomic mass is 32.2. The van der Waals surface area contributed by atoms with Gasteiger partial charge in [0.2, 0.25) is 0 Å². The van der Waals surface area contributed by atoms with Crippen molar-refractivity contribution in [1.29, 1.82) is 0 Å². The van der Waals surface area contributed by atoms with Gasteiger partial charge < -0.3 is 11.5 Å². The Labute approximate surface area is 59.2 Å². The molecule has 3 nitrogen and oxygen atoms in total. The molecule has 5 N–H and O–H groups in total. The van der Waals surface area contributed by atoms with Crippen LogP contribution in [0.2, 0.25) is 0 Å². The molecule has 54 valence electrons. The maximum atomic E-state index is 10.4. The molecule has 0 aliphatic carbocycles. The molecule has 0 heterocycles. The third-order valence-electron chi connectivity index (χ3n) is 1.07. The van der Waals surface area contributed by atoms with E-state index in [1.807, 2.05) is 6.26 Å². The molecule has 1 unspecified atom stereocenters. The van der Waals surface area contributed by atoms with E-state index in [4.69, 9.17) is 5.73 Å². The Morgan fingerprint density at radius 1 is 1.89 bits per heavy atom. The highest BCUT2D eigenvalue weighted by Gasteiger charge is 2.10. The maximum Gasteiger partial charge on any atom is 0.275 e. The highest BCUT2D eigenvalue weighted by molar-refractivity contribution is 7.98. The molecule has 0 saturated carbocycles. The Morgan fingerprint density at radius 3 is 2.78 bits per heavy atom. The molecule has 0 rings (SSSR count). The van der Waals surface area contributed by atoms with Crippen LogP contribution in [0, 0.1) is 0 Å². The number of carbonyl (C=O) groups excluding carboxylic acids is 1. The number of nitrogens with two attached hydrogens (primary N) is 1. The quantitative estimate of drug-likeness (QED) is 0.529. The van der Waals surface area contributed by atoms with Crippen LogP contribution in [0.1, 0.15) is 6.42 Å². The Bertz CT molecular complexity index is 97.0. The van der Waals surface area contributed by atoms with Gasteiger partial charge in [-0.2, -0.15) is 11.8 Å². The number of hydrogen-bond donors (Lipinski definition) is 2. The zero-order chi connectivity index (χ0) is 7.28. The average Bonchev–Trinajstić information content (AvgIpc) is 1.82. The fraction of sp³-hybridized carbons (Fsp3) is 0.800. The van der Waals surface area contributed by atoms with Gasteiger partial charge in [0, 0.05) is 6.42 Å². The van der Waals surface area contributed by atoms with Gasteiger partial charge in [0.05, 0.1) is 0 Å². The van der Waals surface area contributed by atoms with Gasteiger partial charge in [-0.25, -0.2) is 0 Å². The summed E-state index contributed by atoms with van der Waals surface area (Å²) in [6.07, 6.45) is 2.78. The number of thioether (sulfide) groups is 1. The lowest BCUT2D eigenvalue weighted by atomic mass is 10.2. The molecule has 9 heavy (non-hydrogen) atoms. The minimum Gasteiger partial charge on any atom is -0.365 e. The van der Waals surface area contributed by atoms with E-state index in [1.165, 1.54) is 0 Å². The molecule has 0 aliphatic heterocycles. The van der Waals surface area contributed by atoms with Crippen LogP contribution in [0.3, 0.4) is 0 Å². The number of primary amides is 1. The number of quaternary nitrogens is 1. The van der Waals surface area contributed by atoms with E-state index >= 15 is 0 Å². The normalized spacial score (nSPS) is 13.1. The standard InChI is InChI=1S/C5H12N2OS/c1-9-3-2-4(6)5(7)8/h4H,2-3,6H2,1H3,(H2,7,8)/p+1. The fourth-order valence-electron chi connectivity index (χ4n) is 0.402. The Morgan fingerprint density at radius 2 is 2.44 bits per heavy atom. The Kier molecular flexibility index (Phi) is 4.53. The highest BCUT2D eigenvalue weighted by Crippen LogP contribution is 1.96. The van der Waals surface area contributed by atoms with E-state index in [0.717, 1.165) is 12.2 Å². The van der Waals surface area contributed by atoms with E-state index in [0.29, 0.717) is 0 Å². The summed E-state index contributed by atoms with van der Waals surface area (Å²) in [5.41, 5.74) is 8.55. The molecule has 1 atom stereocenters. The van der Waals surface area contributed by atoms with Gasteiger partial charge in [0.1, 0.15) is 0 Å². The summed E-state index contributed by atoms with van der Waals surface area (Å²) in [4.78, 5) is 10.4. The monoisotopic (exact) mass is 149 g/mol. The minimum atomic E-state index is -0.302. The van der Waals surface area contributed by atoms with Crippen molar-refractivity contribution in [2.45, 2.75) is 12.5 Å². The van der Waals surface area contributed by atoms with E-state index in [9.17, 15) is 4.79 Å². The van der Waals surface area contributed by atoms with Gasteiger partial charge >= 0.3 is 0 Å². The van der Waals surface area contributed by atoms with Gasteiger partial charge in [0.25, 0.3) is 5.91 Å². The lowest BCUT2D eigenvalue weighted by Crippen LogP contribution is -2.66. The van der Waals surface area contributed by atoms with Crippen molar-refractivity contribution < 1.29 is 10.5 Å². The van der Waals surface area contributed by atoms with Gasteiger partial charge in [0.15, 0.2) is 6.04 Å². The summed E-state index contributed by atoms with van der Waals surface area (Å²) >= 11 is 1.70. The lowest BCUT2D eigenvalue weighted by molar-refractivity contribution is -0.403. The third kappa shape index (κ3) is 4.29. The summed E-state index contributed by atoms with van der Waals surface area (Å²) in [7, 11) is 0. The molecule has 0 aromatic rings. The Hall–Kier alpha value is -0.220. The van der Waals surface area contributed by atoms with Crippen LogP contribution >= 0.6 is 11.8 Å². The molecule has 0 spiro atoms. The van der Waals surface area contributed by atoms with E-state index in [-0.39, 0.29) is 11.9 Å². The molecule has 0 radical (unpaired) electrons. The summed E-state index contributed by atoms with van der Waals surface area (Å²) in [5, 5.41) is 0. The molecule has 0 fully saturated rings. The first kappa shape index (κ1) is 8.78. The minimum absolute atomic E-state index is 0.211. The van der Waals surface area contributed by atoms with Crippen LogP contribution in [0.15, 0.2) is 0 Å². The molecule has 0 aromatic heterocycles. The molecular weight excluding hydrogens is 136 g/mol. The van der Waals surface area contributed by atoms with Crippen molar-refractivity contribution in [3.8, 4) is 0 Å². The second-order valence-corrected chi connectivity index (χ2v) is 2.87. The first-order chi connectivity index (χ1) is 4.18. The van der Waals surface area contributed by atoms with Gasteiger partial charge in [-0.1, -0.05) is 0 Å². The van der Waals surface area contributed by atoms with Crippen LogP contribution < -0.4 is 11.5 Å². The maximum absolute atomic E-state index is 10.4. The Balaban J connectivity index is 3.27. The van der Waals surface area contributed by atoms with Crippen molar-refractivity contribution in [1.82, 2.24) is 0 Å². The summed E-state index contributed by atoms with van der Waals surface area (Å²) in [6.45, 7) is 0. The van der Waals surface area contributed by atoms with Crippen molar-refractivity contribution in [3.05, 3.63) is 0 Å². The SMILES string of the molecule is CSCCC([NH3+])C(N)=O. The van der Waals surface area contributed by atoms with Gasteiger partial charge in [-0.05, 0) is 12.0 Å². The van der Waals surface area contributed by atoms with Crippen molar-refractivity contribution in [3.63, 3.8) is 0 Å². The van der Waals surface area contributed by atoms with Gasteiger partial charge in [-0.15, -0.1) is 0 Å². The summed E-state index contributed by atoms with van der Waals surface area (Å²) in [6, 6.07) is -0.211. The first-order valence-electron chi connectivity index (χ1n) is 2.79. The number of amides is 1. The lowest BCUT2D eigenvalue weighted by Gasteiger charge is -2.00. The summed E-state index contributed by atoms with van der Waals surface area (Å²) in [5.74, 6) is 0.654. The van der Waals surface area contributed by atoms with Crippen molar-refractivity contribution >= 4 is 17.7 Å². The van der Waals surface area contributed by atoms with Crippen LogP contribution in [0.4, 0.5) is 0 Å². The zero-order valence-electron chi connectivity index (χ0n) is 5.59. The number of hydrogen-bond acceptors (Lipinski definition) is 2. The smallest absolute Gasteiger partial charge is 0.275 e. The van der Waals surface area contributed by atoms with E-state index < -0.39 is 0 Å². The second kappa shape index (κ2) is 4.64. The van der Waals surface area contributed by atoms with Crippen molar-refractivity contribution in [2.24, 2.45) is 5.73 Å². The molecular formula is C5H13N2OS+. The van der Waals surface area contributed by atoms with E-state index in [2.05, 4.69) is 5.73 Å². The van der Waals surface area contributed by atoms with Crippen molar-refractivity contribution in [2.75, 3.05) is 12.0 Å². The topological polar surface area (TPSA) is 70.7 Å².